The van der Waals surface area contributed by atoms with Crippen molar-refractivity contribution in [3.05, 3.63) is 52.5 Å². The van der Waals surface area contributed by atoms with E-state index in [0.717, 1.165) is 0 Å². The number of aromatic nitrogens is 1. The average Bonchev–Trinajstić information content (AvgIpc) is 2.22. The molecule has 4 heteroatoms. The molecular formula is C11H6Cl2FN. The van der Waals surface area contributed by atoms with Crippen LogP contribution in [0.5, 0.6) is 0 Å². The lowest BCUT2D eigenvalue weighted by Gasteiger charge is -2.04. The maximum absolute atomic E-state index is 12.9. The van der Waals surface area contributed by atoms with Gasteiger partial charge in [-0.05, 0) is 29.8 Å². The summed E-state index contributed by atoms with van der Waals surface area (Å²) in [5.41, 5.74) is 1.36. The summed E-state index contributed by atoms with van der Waals surface area (Å²) >= 11 is 11.8. The summed E-state index contributed by atoms with van der Waals surface area (Å²) < 4.78 is 12.9. The van der Waals surface area contributed by atoms with Gasteiger partial charge in [0.2, 0.25) is 5.95 Å². The van der Waals surface area contributed by atoms with Gasteiger partial charge in [0.05, 0.1) is 0 Å². The van der Waals surface area contributed by atoms with Gasteiger partial charge < -0.3 is 0 Å². The maximum atomic E-state index is 12.9. The van der Waals surface area contributed by atoms with E-state index in [1.165, 1.54) is 12.3 Å². The molecule has 0 aliphatic heterocycles. The third kappa shape index (κ3) is 2.28. The van der Waals surface area contributed by atoms with Crippen LogP contribution in [0, 0.1) is 5.95 Å². The number of nitrogens with zero attached hydrogens (tertiary/aromatic N) is 1. The van der Waals surface area contributed by atoms with Crippen molar-refractivity contribution in [2.45, 2.75) is 0 Å². The molecule has 0 unspecified atom stereocenters. The first kappa shape index (κ1) is 10.4. The molecule has 1 aromatic carbocycles. The summed E-state index contributed by atoms with van der Waals surface area (Å²) in [6.45, 7) is 0. The first-order valence-electron chi connectivity index (χ1n) is 4.24. The van der Waals surface area contributed by atoms with Crippen molar-refractivity contribution in [2.75, 3.05) is 0 Å². The van der Waals surface area contributed by atoms with E-state index >= 15 is 0 Å². The van der Waals surface area contributed by atoms with E-state index < -0.39 is 5.95 Å². The second-order valence-corrected chi connectivity index (χ2v) is 3.84. The van der Waals surface area contributed by atoms with Gasteiger partial charge in [-0.1, -0.05) is 23.2 Å². The summed E-state index contributed by atoms with van der Waals surface area (Å²) in [6, 6.07) is 8.05. The third-order valence-corrected chi connectivity index (χ3v) is 2.53. The van der Waals surface area contributed by atoms with Crippen LogP contribution in [0.4, 0.5) is 4.39 Å². The van der Waals surface area contributed by atoms with Crippen LogP contribution in [-0.2, 0) is 0 Å². The van der Waals surface area contributed by atoms with E-state index in [-0.39, 0.29) is 0 Å². The van der Waals surface area contributed by atoms with Crippen molar-refractivity contribution in [3.63, 3.8) is 0 Å². The Morgan fingerprint density at radius 1 is 1.07 bits per heavy atom. The topological polar surface area (TPSA) is 12.9 Å². The molecule has 1 aromatic heterocycles. The second-order valence-electron chi connectivity index (χ2n) is 2.99. The maximum Gasteiger partial charge on any atom is 0.213 e. The van der Waals surface area contributed by atoms with Crippen molar-refractivity contribution in [1.82, 2.24) is 4.98 Å². The zero-order chi connectivity index (χ0) is 10.8. The van der Waals surface area contributed by atoms with Gasteiger partial charge in [0.1, 0.15) is 0 Å². The number of hydrogen-bond donors (Lipinski definition) is 0. The zero-order valence-electron chi connectivity index (χ0n) is 7.55. The molecule has 0 saturated carbocycles. The molecule has 1 heterocycles. The molecule has 0 atom stereocenters. The number of benzene rings is 1. The summed E-state index contributed by atoms with van der Waals surface area (Å²) in [7, 11) is 0. The van der Waals surface area contributed by atoms with Gasteiger partial charge in [-0.15, -0.1) is 0 Å². The minimum Gasteiger partial charge on any atom is -0.228 e. The van der Waals surface area contributed by atoms with E-state index in [1.807, 2.05) is 0 Å². The molecule has 0 fully saturated rings. The lowest BCUT2D eigenvalue weighted by Crippen LogP contribution is -1.84. The molecule has 0 amide bonds. The molecule has 0 saturated heterocycles. The Labute approximate surface area is 96.5 Å². The quantitative estimate of drug-likeness (QED) is 0.683. The Balaban J connectivity index is 2.58. The van der Waals surface area contributed by atoms with Crippen LogP contribution in [-0.4, -0.2) is 4.98 Å². The van der Waals surface area contributed by atoms with Gasteiger partial charge in [-0.3, -0.25) is 0 Å². The molecule has 15 heavy (non-hydrogen) atoms. The van der Waals surface area contributed by atoms with Gasteiger partial charge in [0.25, 0.3) is 0 Å². The highest BCUT2D eigenvalue weighted by Crippen LogP contribution is 2.30. The SMILES string of the molecule is Fc1cc(-c2cc(Cl)ccc2Cl)ccn1. The van der Waals surface area contributed by atoms with Crippen LogP contribution in [0.3, 0.4) is 0 Å². The molecule has 0 bridgehead atoms. The van der Waals surface area contributed by atoms with Crippen molar-refractivity contribution in [1.29, 1.82) is 0 Å². The molecule has 76 valence electrons. The van der Waals surface area contributed by atoms with Gasteiger partial charge in [-0.25, -0.2) is 4.98 Å². The van der Waals surface area contributed by atoms with Crippen molar-refractivity contribution < 1.29 is 4.39 Å². The van der Waals surface area contributed by atoms with Crippen LogP contribution < -0.4 is 0 Å². The Morgan fingerprint density at radius 2 is 1.87 bits per heavy atom. The molecule has 0 N–H and O–H groups in total. The van der Waals surface area contributed by atoms with E-state index in [2.05, 4.69) is 4.98 Å². The van der Waals surface area contributed by atoms with Crippen LogP contribution in [0.2, 0.25) is 10.0 Å². The highest BCUT2D eigenvalue weighted by molar-refractivity contribution is 6.35. The van der Waals surface area contributed by atoms with Gasteiger partial charge in [0, 0.05) is 27.9 Å². The van der Waals surface area contributed by atoms with Crippen LogP contribution in [0.25, 0.3) is 11.1 Å². The fourth-order valence-electron chi connectivity index (χ4n) is 1.29. The van der Waals surface area contributed by atoms with Crippen LogP contribution in [0.1, 0.15) is 0 Å². The summed E-state index contributed by atoms with van der Waals surface area (Å²) in [6.07, 6.45) is 1.39. The lowest BCUT2D eigenvalue weighted by molar-refractivity contribution is 0.584. The minimum absolute atomic E-state index is 0.532. The van der Waals surface area contributed by atoms with Crippen molar-refractivity contribution in [2.24, 2.45) is 0 Å². The fraction of sp³-hybridized carbons (Fsp3) is 0. The molecule has 1 nitrogen and oxygen atoms in total. The zero-order valence-corrected chi connectivity index (χ0v) is 9.06. The molecule has 0 aliphatic rings. The molecule has 0 radical (unpaired) electrons. The predicted octanol–water partition coefficient (Wildman–Crippen LogP) is 4.19. The Bertz CT molecular complexity index is 500. The van der Waals surface area contributed by atoms with E-state index in [4.69, 9.17) is 23.2 Å². The van der Waals surface area contributed by atoms with Gasteiger partial charge >= 0.3 is 0 Å². The first-order chi connectivity index (χ1) is 7.16. The van der Waals surface area contributed by atoms with E-state index in [9.17, 15) is 4.39 Å². The third-order valence-electron chi connectivity index (χ3n) is 1.97. The second kappa shape index (κ2) is 4.17. The Morgan fingerprint density at radius 3 is 2.60 bits per heavy atom. The summed E-state index contributed by atoms with van der Waals surface area (Å²) in [5.74, 6) is -0.538. The average molecular weight is 242 g/mol. The normalized spacial score (nSPS) is 10.3. The van der Waals surface area contributed by atoms with E-state index in [0.29, 0.717) is 21.2 Å². The fourth-order valence-corrected chi connectivity index (χ4v) is 1.69. The largest absolute Gasteiger partial charge is 0.228 e. The number of rotatable bonds is 1. The highest BCUT2D eigenvalue weighted by Gasteiger charge is 2.05. The standard InChI is InChI=1S/C11H6Cl2FN/c12-8-1-2-10(13)9(6-8)7-3-4-15-11(14)5-7/h1-6H. The molecule has 2 aromatic rings. The van der Waals surface area contributed by atoms with Gasteiger partial charge in [-0.2, -0.15) is 4.39 Å². The highest BCUT2D eigenvalue weighted by atomic mass is 35.5. The van der Waals surface area contributed by atoms with Crippen LogP contribution >= 0.6 is 23.2 Å². The number of pyridine rings is 1. The summed E-state index contributed by atoms with van der Waals surface area (Å²) in [5, 5.41) is 1.09. The van der Waals surface area contributed by atoms with E-state index in [1.54, 1.807) is 24.3 Å². The number of halogens is 3. The van der Waals surface area contributed by atoms with Crippen LogP contribution in [0.15, 0.2) is 36.5 Å². The Hall–Kier alpha value is -1.12. The lowest BCUT2D eigenvalue weighted by atomic mass is 10.1. The smallest absolute Gasteiger partial charge is 0.213 e. The Kier molecular flexibility index (Phi) is 2.89. The minimum atomic E-state index is -0.538. The summed E-state index contributed by atoms with van der Waals surface area (Å²) in [4.78, 5) is 3.47. The molecule has 0 spiro atoms. The first-order valence-corrected chi connectivity index (χ1v) is 4.99. The number of hydrogen-bond acceptors (Lipinski definition) is 1. The predicted molar refractivity (Wildman–Crippen MR) is 59.7 cm³/mol. The monoisotopic (exact) mass is 241 g/mol. The van der Waals surface area contributed by atoms with Gasteiger partial charge in [0.15, 0.2) is 0 Å². The van der Waals surface area contributed by atoms with Crippen molar-refractivity contribution in [3.8, 4) is 11.1 Å². The molecule has 2 rings (SSSR count). The molecule has 0 aliphatic carbocycles. The molecular weight excluding hydrogens is 236 g/mol. The van der Waals surface area contributed by atoms with Crippen molar-refractivity contribution >= 4 is 23.2 Å².